The number of carbonyl (C=O) groups is 1. The van der Waals surface area contributed by atoms with Crippen molar-refractivity contribution in [1.29, 1.82) is 0 Å². The molecule has 2 rings (SSSR count). The van der Waals surface area contributed by atoms with Gasteiger partial charge in [-0.3, -0.25) is 4.79 Å². The lowest BCUT2D eigenvalue weighted by atomic mass is 9.96. The molecule has 2 aromatic rings. The van der Waals surface area contributed by atoms with Crippen molar-refractivity contribution in [3.8, 4) is 17.0 Å². The van der Waals surface area contributed by atoms with Crippen molar-refractivity contribution in [1.82, 2.24) is 10.2 Å². The molecule has 0 fully saturated rings. The number of hydrogen-bond donors (Lipinski definition) is 0. The molecule has 0 amide bonds. The first-order valence-electron chi connectivity index (χ1n) is 6.02. The van der Waals surface area contributed by atoms with Crippen LogP contribution in [0.3, 0.4) is 0 Å². The molecule has 0 atom stereocenters. The Hall–Kier alpha value is -2.23. The van der Waals surface area contributed by atoms with Gasteiger partial charge in [-0.15, -0.1) is 10.2 Å². The third kappa shape index (κ3) is 2.34. The summed E-state index contributed by atoms with van der Waals surface area (Å²) in [5.41, 5.74) is 5.37. The molecule has 4 heteroatoms. The first kappa shape index (κ1) is 13.2. The highest BCUT2D eigenvalue weighted by molar-refractivity contribution is 5.73. The summed E-state index contributed by atoms with van der Waals surface area (Å²) in [7, 11) is 1.67. The van der Waals surface area contributed by atoms with Crippen LogP contribution in [0, 0.1) is 20.8 Å². The molecule has 0 saturated carbocycles. The second-order valence-corrected chi connectivity index (χ2v) is 4.49. The van der Waals surface area contributed by atoms with Crippen LogP contribution in [0.2, 0.25) is 0 Å². The average Bonchev–Trinajstić information content (AvgIpc) is 2.43. The number of rotatable bonds is 3. The Morgan fingerprint density at radius 1 is 1.11 bits per heavy atom. The number of aromatic nitrogens is 2. The highest BCUT2D eigenvalue weighted by Gasteiger charge is 2.13. The minimum absolute atomic E-state index is 0.336. The third-order valence-electron chi connectivity index (χ3n) is 3.31. The molecule has 1 aromatic heterocycles. The van der Waals surface area contributed by atoms with Gasteiger partial charge in [-0.2, -0.15) is 0 Å². The molecule has 0 unspecified atom stereocenters. The van der Waals surface area contributed by atoms with E-state index in [4.69, 9.17) is 4.74 Å². The predicted octanol–water partition coefficient (Wildman–Crippen LogP) is 2.89. The number of ether oxygens (including phenoxy) is 1. The zero-order valence-electron chi connectivity index (χ0n) is 11.5. The molecule has 0 aliphatic heterocycles. The normalized spacial score (nSPS) is 10.3. The molecule has 0 bridgehead atoms. The number of nitrogens with zero attached hydrogens (tertiary/aromatic N) is 2. The number of hydrogen-bond acceptors (Lipinski definition) is 4. The van der Waals surface area contributed by atoms with Crippen LogP contribution in [0.15, 0.2) is 18.2 Å². The van der Waals surface area contributed by atoms with Crippen molar-refractivity contribution in [2.45, 2.75) is 20.8 Å². The fraction of sp³-hybridized carbons (Fsp3) is 0.267. The van der Waals surface area contributed by atoms with Crippen molar-refractivity contribution in [3.05, 3.63) is 40.6 Å². The molecule has 0 aliphatic carbocycles. The van der Waals surface area contributed by atoms with Gasteiger partial charge in [-0.1, -0.05) is 0 Å². The second-order valence-electron chi connectivity index (χ2n) is 4.49. The van der Waals surface area contributed by atoms with E-state index in [0.717, 1.165) is 33.7 Å². The van der Waals surface area contributed by atoms with Crippen LogP contribution in [0.5, 0.6) is 5.75 Å². The smallest absolute Gasteiger partial charge is 0.170 e. The van der Waals surface area contributed by atoms with Crippen molar-refractivity contribution >= 4 is 6.29 Å². The lowest BCUT2D eigenvalue weighted by Crippen LogP contribution is -1.99. The molecule has 0 aliphatic rings. The summed E-state index contributed by atoms with van der Waals surface area (Å²) in [6.07, 6.45) is 0.689. The molecule has 0 saturated heterocycles. The number of benzene rings is 1. The summed E-state index contributed by atoms with van der Waals surface area (Å²) in [6, 6.07) is 5.51. The summed E-state index contributed by atoms with van der Waals surface area (Å²) in [5, 5.41) is 7.96. The van der Waals surface area contributed by atoms with E-state index in [1.807, 2.05) is 32.9 Å². The van der Waals surface area contributed by atoms with E-state index in [9.17, 15) is 4.79 Å². The van der Waals surface area contributed by atoms with Crippen LogP contribution in [0.4, 0.5) is 0 Å². The van der Waals surface area contributed by atoms with Gasteiger partial charge in [-0.05, 0) is 55.7 Å². The van der Waals surface area contributed by atoms with Crippen molar-refractivity contribution in [2.75, 3.05) is 7.11 Å². The summed E-state index contributed by atoms with van der Waals surface area (Å²) < 4.78 is 5.40. The maximum Gasteiger partial charge on any atom is 0.170 e. The minimum Gasteiger partial charge on any atom is -0.496 e. The van der Waals surface area contributed by atoms with Gasteiger partial charge in [0.05, 0.1) is 12.8 Å². The zero-order chi connectivity index (χ0) is 14.0. The molecule has 0 radical (unpaired) electrons. The fourth-order valence-corrected chi connectivity index (χ4v) is 2.19. The van der Waals surface area contributed by atoms with Crippen LogP contribution in [0.25, 0.3) is 11.3 Å². The molecule has 0 N–H and O–H groups in total. The minimum atomic E-state index is 0.336. The first-order chi connectivity index (χ1) is 9.08. The standard InChI is InChI=1S/C15H16N2O2/c1-9-7-13(10(2)11(3)15(9)19-4)14-6-5-12(8-18)16-17-14/h5-8H,1-4H3. The van der Waals surface area contributed by atoms with Gasteiger partial charge in [0.25, 0.3) is 0 Å². The lowest BCUT2D eigenvalue weighted by Gasteiger charge is -2.15. The summed E-state index contributed by atoms with van der Waals surface area (Å²) in [4.78, 5) is 10.6. The van der Waals surface area contributed by atoms with Gasteiger partial charge >= 0.3 is 0 Å². The summed E-state index contributed by atoms with van der Waals surface area (Å²) >= 11 is 0. The predicted molar refractivity (Wildman–Crippen MR) is 73.6 cm³/mol. The Labute approximate surface area is 112 Å². The molecule has 98 valence electrons. The van der Waals surface area contributed by atoms with Crippen molar-refractivity contribution in [2.24, 2.45) is 0 Å². The van der Waals surface area contributed by atoms with Gasteiger partial charge in [0.2, 0.25) is 0 Å². The fourth-order valence-electron chi connectivity index (χ4n) is 2.19. The van der Waals surface area contributed by atoms with Crippen LogP contribution in [0.1, 0.15) is 27.2 Å². The van der Waals surface area contributed by atoms with Gasteiger partial charge in [-0.25, -0.2) is 0 Å². The van der Waals surface area contributed by atoms with E-state index in [1.165, 1.54) is 0 Å². The molecule has 4 nitrogen and oxygen atoms in total. The number of methoxy groups -OCH3 is 1. The van der Waals surface area contributed by atoms with E-state index in [-0.39, 0.29) is 0 Å². The first-order valence-corrected chi connectivity index (χ1v) is 6.02. The molecule has 1 aromatic carbocycles. The zero-order valence-corrected chi connectivity index (χ0v) is 11.5. The maximum absolute atomic E-state index is 10.6. The van der Waals surface area contributed by atoms with Crippen molar-refractivity contribution in [3.63, 3.8) is 0 Å². The molecular weight excluding hydrogens is 240 g/mol. The Morgan fingerprint density at radius 3 is 2.37 bits per heavy atom. The van der Waals surface area contributed by atoms with Crippen LogP contribution >= 0.6 is 0 Å². The highest BCUT2D eigenvalue weighted by atomic mass is 16.5. The maximum atomic E-state index is 10.6. The van der Waals surface area contributed by atoms with Gasteiger partial charge < -0.3 is 4.74 Å². The van der Waals surface area contributed by atoms with E-state index in [0.29, 0.717) is 12.0 Å². The van der Waals surface area contributed by atoms with Crippen LogP contribution < -0.4 is 4.74 Å². The van der Waals surface area contributed by atoms with Crippen LogP contribution in [-0.4, -0.2) is 23.6 Å². The molecule has 1 heterocycles. The SMILES string of the molecule is COc1c(C)cc(-c2ccc(C=O)nn2)c(C)c1C. The van der Waals surface area contributed by atoms with E-state index >= 15 is 0 Å². The quantitative estimate of drug-likeness (QED) is 0.792. The lowest BCUT2D eigenvalue weighted by molar-refractivity contribution is 0.111. The summed E-state index contributed by atoms with van der Waals surface area (Å²) in [6.45, 7) is 6.06. The largest absolute Gasteiger partial charge is 0.496 e. The second kappa shape index (κ2) is 5.18. The number of aldehydes is 1. The molecule has 19 heavy (non-hydrogen) atoms. The third-order valence-corrected chi connectivity index (χ3v) is 3.31. The van der Waals surface area contributed by atoms with Gasteiger partial charge in [0.1, 0.15) is 11.4 Å². The Kier molecular flexibility index (Phi) is 3.60. The van der Waals surface area contributed by atoms with E-state index in [2.05, 4.69) is 10.2 Å². The number of aryl methyl sites for hydroxylation is 1. The Morgan fingerprint density at radius 2 is 1.84 bits per heavy atom. The Bertz CT molecular complexity index is 619. The van der Waals surface area contributed by atoms with E-state index < -0.39 is 0 Å². The van der Waals surface area contributed by atoms with Gasteiger partial charge in [0, 0.05) is 5.56 Å². The van der Waals surface area contributed by atoms with Crippen molar-refractivity contribution < 1.29 is 9.53 Å². The topological polar surface area (TPSA) is 52.1 Å². The van der Waals surface area contributed by atoms with E-state index in [1.54, 1.807) is 13.2 Å². The monoisotopic (exact) mass is 256 g/mol. The van der Waals surface area contributed by atoms with Gasteiger partial charge in [0.15, 0.2) is 6.29 Å². The van der Waals surface area contributed by atoms with Crippen LogP contribution in [-0.2, 0) is 0 Å². The highest BCUT2D eigenvalue weighted by Crippen LogP contribution is 2.33. The molecule has 0 spiro atoms. The number of carbonyl (C=O) groups excluding carboxylic acids is 1. The average molecular weight is 256 g/mol. The summed E-state index contributed by atoms with van der Waals surface area (Å²) in [5.74, 6) is 0.902. The molecular formula is C15H16N2O2. The Balaban J connectivity index is 2.58.